The normalized spacial score (nSPS) is 16.8. The maximum atomic E-state index is 13.6. The Morgan fingerprint density at radius 1 is 1.33 bits per heavy atom. The second kappa shape index (κ2) is 9.36. The van der Waals surface area contributed by atoms with Crippen LogP contribution in [0.4, 0.5) is 13.2 Å². The maximum Gasteiger partial charge on any atom is 0.419 e. The van der Waals surface area contributed by atoms with Crippen molar-refractivity contribution in [3.8, 4) is 17.1 Å². The molecule has 0 amide bonds. The first-order valence-electron chi connectivity index (χ1n) is 10.1. The SMILES string of the molecule is CCCCCCOc1ccc(-c2noc([C@@H]3CCCN3C(=N)N)n2)cc1C(F)(F)F. The molecule has 1 fully saturated rings. The molecule has 2 aromatic rings. The van der Waals surface area contributed by atoms with E-state index in [1.54, 1.807) is 4.90 Å². The van der Waals surface area contributed by atoms with Gasteiger partial charge in [-0.15, -0.1) is 0 Å². The molecule has 1 aliphatic rings. The van der Waals surface area contributed by atoms with Gasteiger partial charge in [0.2, 0.25) is 11.7 Å². The average Bonchev–Trinajstić information content (AvgIpc) is 3.36. The Bertz CT molecular complexity index is 868. The smallest absolute Gasteiger partial charge is 0.419 e. The number of nitrogens with one attached hydrogen (secondary N) is 1. The summed E-state index contributed by atoms with van der Waals surface area (Å²) in [6.07, 6.45) is 0.606. The van der Waals surface area contributed by atoms with Crippen molar-refractivity contribution in [1.82, 2.24) is 15.0 Å². The van der Waals surface area contributed by atoms with E-state index in [9.17, 15) is 13.2 Å². The molecular weight excluding hydrogens is 399 g/mol. The fourth-order valence-electron chi connectivity index (χ4n) is 3.53. The lowest BCUT2D eigenvalue weighted by molar-refractivity contribution is -0.138. The molecule has 1 aliphatic heterocycles. The number of likely N-dealkylation sites (tertiary alicyclic amines) is 1. The Balaban J connectivity index is 1.80. The molecule has 3 rings (SSSR count). The van der Waals surface area contributed by atoms with Gasteiger partial charge in [-0.2, -0.15) is 18.2 Å². The summed E-state index contributed by atoms with van der Waals surface area (Å²) in [7, 11) is 0. The van der Waals surface area contributed by atoms with E-state index in [4.69, 9.17) is 20.4 Å². The van der Waals surface area contributed by atoms with Crippen LogP contribution in [0.3, 0.4) is 0 Å². The number of nitrogens with two attached hydrogens (primary N) is 1. The first-order chi connectivity index (χ1) is 14.3. The number of hydrogen-bond donors (Lipinski definition) is 2. The number of guanidine groups is 1. The zero-order chi connectivity index (χ0) is 21.7. The molecule has 30 heavy (non-hydrogen) atoms. The third-order valence-electron chi connectivity index (χ3n) is 5.09. The van der Waals surface area contributed by atoms with Crippen LogP contribution in [-0.2, 0) is 6.18 Å². The molecule has 164 valence electrons. The van der Waals surface area contributed by atoms with Gasteiger partial charge in [0.05, 0.1) is 12.2 Å². The Morgan fingerprint density at radius 3 is 2.83 bits per heavy atom. The highest BCUT2D eigenvalue weighted by molar-refractivity contribution is 5.75. The Morgan fingerprint density at radius 2 is 2.13 bits per heavy atom. The zero-order valence-electron chi connectivity index (χ0n) is 16.8. The van der Waals surface area contributed by atoms with Crippen molar-refractivity contribution < 1.29 is 22.4 Å². The van der Waals surface area contributed by atoms with Gasteiger partial charge in [0.1, 0.15) is 11.8 Å². The molecular formula is C20H26F3N5O2. The van der Waals surface area contributed by atoms with Crippen molar-refractivity contribution in [2.45, 2.75) is 57.7 Å². The van der Waals surface area contributed by atoms with E-state index in [2.05, 4.69) is 17.1 Å². The molecule has 1 saturated heterocycles. The molecule has 1 aromatic carbocycles. The Hall–Kier alpha value is -2.78. The van der Waals surface area contributed by atoms with Crippen molar-refractivity contribution in [2.75, 3.05) is 13.2 Å². The summed E-state index contributed by atoms with van der Waals surface area (Å²) in [5, 5.41) is 11.5. The van der Waals surface area contributed by atoms with E-state index in [0.29, 0.717) is 19.4 Å². The first-order valence-corrected chi connectivity index (χ1v) is 10.1. The van der Waals surface area contributed by atoms with E-state index in [1.807, 2.05) is 0 Å². The van der Waals surface area contributed by atoms with Gasteiger partial charge >= 0.3 is 6.18 Å². The zero-order valence-corrected chi connectivity index (χ0v) is 16.8. The summed E-state index contributed by atoms with van der Waals surface area (Å²) in [6.45, 7) is 2.90. The van der Waals surface area contributed by atoms with Gasteiger partial charge in [-0.25, -0.2) is 0 Å². The third-order valence-corrected chi connectivity index (χ3v) is 5.09. The summed E-state index contributed by atoms with van der Waals surface area (Å²) < 4.78 is 51.4. The fraction of sp³-hybridized carbons (Fsp3) is 0.550. The standard InChI is InChI=1S/C20H26F3N5O2/c1-2-3-4-5-11-29-16-9-8-13(12-14(16)20(21,22)23)17-26-18(30-27-17)15-7-6-10-28(15)19(24)25/h8-9,12,15H,2-7,10-11H2,1H3,(H3,24,25)/t15-/m0/s1. The predicted molar refractivity (Wildman–Crippen MR) is 105 cm³/mol. The van der Waals surface area contributed by atoms with Crippen LogP contribution in [0.2, 0.25) is 0 Å². The third kappa shape index (κ3) is 5.03. The summed E-state index contributed by atoms with van der Waals surface area (Å²) in [4.78, 5) is 5.90. The molecule has 0 spiro atoms. The first kappa shape index (κ1) is 21.9. The number of unbranched alkanes of at least 4 members (excludes halogenated alkanes) is 3. The van der Waals surface area contributed by atoms with Crippen molar-refractivity contribution in [3.05, 3.63) is 29.7 Å². The Kier molecular flexibility index (Phi) is 6.84. The summed E-state index contributed by atoms with van der Waals surface area (Å²) in [5.74, 6) is -0.00929. The van der Waals surface area contributed by atoms with E-state index in [1.165, 1.54) is 12.1 Å². The minimum absolute atomic E-state index is 0.0559. The second-order valence-corrected chi connectivity index (χ2v) is 7.31. The monoisotopic (exact) mass is 425 g/mol. The lowest BCUT2D eigenvalue weighted by Gasteiger charge is -2.21. The minimum Gasteiger partial charge on any atom is -0.493 e. The van der Waals surface area contributed by atoms with Gasteiger partial charge in [0, 0.05) is 12.1 Å². The number of alkyl halides is 3. The number of hydrogen-bond acceptors (Lipinski definition) is 5. The lowest BCUT2D eigenvalue weighted by Crippen LogP contribution is -2.35. The van der Waals surface area contributed by atoms with Gasteiger partial charge < -0.3 is 19.9 Å². The van der Waals surface area contributed by atoms with Crippen LogP contribution in [0.1, 0.15) is 62.9 Å². The largest absolute Gasteiger partial charge is 0.493 e. The average molecular weight is 425 g/mol. The second-order valence-electron chi connectivity index (χ2n) is 7.31. The highest BCUT2D eigenvalue weighted by atomic mass is 19.4. The quantitative estimate of drug-likeness (QED) is 0.360. The van der Waals surface area contributed by atoms with Gasteiger partial charge in [-0.3, -0.25) is 5.41 Å². The molecule has 7 nitrogen and oxygen atoms in total. The van der Waals surface area contributed by atoms with Crippen LogP contribution in [0.15, 0.2) is 22.7 Å². The fourth-order valence-corrected chi connectivity index (χ4v) is 3.53. The van der Waals surface area contributed by atoms with Crippen LogP contribution < -0.4 is 10.5 Å². The summed E-state index contributed by atoms with van der Waals surface area (Å²) in [6, 6.07) is 3.43. The van der Waals surface area contributed by atoms with Crippen LogP contribution in [-0.4, -0.2) is 34.2 Å². The molecule has 10 heteroatoms. The number of ether oxygens (including phenoxy) is 1. The molecule has 0 bridgehead atoms. The summed E-state index contributed by atoms with van der Waals surface area (Å²) >= 11 is 0. The molecule has 2 heterocycles. The van der Waals surface area contributed by atoms with Gasteiger partial charge in [-0.1, -0.05) is 31.3 Å². The molecule has 0 aliphatic carbocycles. The van der Waals surface area contributed by atoms with Crippen LogP contribution in [0, 0.1) is 5.41 Å². The van der Waals surface area contributed by atoms with Crippen molar-refractivity contribution in [2.24, 2.45) is 5.73 Å². The van der Waals surface area contributed by atoms with E-state index in [0.717, 1.165) is 31.7 Å². The van der Waals surface area contributed by atoms with Crippen LogP contribution in [0.5, 0.6) is 5.75 Å². The van der Waals surface area contributed by atoms with E-state index >= 15 is 0 Å². The molecule has 0 radical (unpaired) electrons. The minimum atomic E-state index is -4.57. The molecule has 1 aromatic heterocycles. The topological polar surface area (TPSA) is 101 Å². The maximum absolute atomic E-state index is 13.6. The predicted octanol–water partition coefficient (Wildman–Crippen LogP) is 4.74. The highest BCUT2D eigenvalue weighted by Gasteiger charge is 2.36. The number of aromatic nitrogens is 2. The van der Waals surface area contributed by atoms with Gasteiger partial charge in [0.15, 0.2) is 5.96 Å². The van der Waals surface area contributed by atoms with Crippen LogP contribution >= 0.6 is 0 Å². The van der Waals surface area contributed by atoms with Crippen LogP contribution in [0.25, 0.3) is 11.4 Å². The van der Waals surface area contributed by atoms with Gasteiger partial charge in [-0.05, 0) is 37.5 Å². The van der Waals surface area contributed by atoms with Crippen molar-refractivity contribution >= 4 is 5.96 Å². The highest BCUT2D eigenvalue weighted by Crippen LogP contribution is 2.39. The van der Waals surface area contributed by atoms with Crippen molar-refractivity contribution in [3.63, 3.8) is 0 Å². The molecule has 1 atom stereocenters. The number of rotatable bonds is 8. The number of halogens is 3. The van der Waals surface area contributed by atoms with E-state index < -0.39 is 11.7 Å². The van der Waals surface area contributed by atoms with E-state index in [-0.39, 0.29) is 41.6 Å². The molecule has 0 unspecified atom stereocenters. The Labute approximate surface area is 172 Å². The molecule has 3 N–H and O–H groups in total. The number of nitrogens with zero attached hydrogens (tertiary/aromatic N) is 3. The van der Waals surface area contributed by atoms with Gasteiger partial charge in [0.25, 0.3) is 0 Å². The molecule has 0 saturated carbocycles. The number of benzene rings is 1. The lowest BCUT2D eigenvalue weighted by atomic mass is 10.1. The van der Waals surface area contributed by atoms with Crippen molar-refractivity contribution in [1.29, 1.82) is 5.41 Å². The summed E-state index contributed by atoms with van der Waals surface area (Å²) in [5.41, 5.74) is 4.89.